The largest absolute Gasteiger partial charge is 0.362 e. The molecule has 18 heavy (non-hydrogen) atoms. The molecule has 3 heteroatoms. The van der Waals surface area contributed by atoms with Crippen LogP contribution in [-0.4, -0.2) is 37.5 Å². The van der Waals surface area contributed by atoms with Gasteiger partial charge in [-0.3, -0.25) is 4.79 Å². The van der Waals surface area contributed by atoms with Crippen LogP contribution in [0.4, 0.5) is 5.69 Å². The summed E-state index contributed by atoms with van der Waals surface area (Å²) >= 11 is 0. The molecule has 2 rings (SSSR count). The minimum atomic E-state index is 0.214. The van der Waals surface area contributed by atoms with E-state index in [9.17, 15) is 4.79 Å². The summed E-state index contributed by atoms with van der Waals surface area (Å²) in [6.07, 6.45) is 1.04. The van der Waals surface area contributed by atoms with E-state index in [-0.39, 0.29) is 5.91 Å². The Balaban J connectivity index is 2.28. The fourth-order valence-electron chi connectivity index (χ4n) is 2.46. The van der Waals surface area contributed by atoms with Crippen LogP contribution in [0.2, 0.25) is 0 Å². The van der Waals surface area contributed by atoms with Crippen LogP contribution in [-0.2, 0) is 4.79 Å². The van der Waals surface area contributed by atoms with Gasteiger partial charge in [-0.15, -0.1) is 0 Å². The van der Waals surface area contributed by atoms with Crippen molar-refractivity contribution in [1.82, 2.24) is 4.90 Å². The highest BCUT2D eigenvalue weighted by Crippen LogP contribution is 2.28. The van der Waals surface area contributed by atoms with E-state index in [0.29, 0.717) is 12.5 Å². The van der Waals surface area contributed by atoms with E-state index in [2.05, 4.69) is 43.0 Å². The number of benzene rings is 1. The Morgan fingerprint density at radius 3 is 2.61 bits per heavy atom. The molecule has 0 atom stereocenters. The number of anilines is 1. The van der Waals surface area contributed by atoms with Gasteiger partial charge in [-0.2, -0.15) is 0 Å². The van der Waals surface area contributed by atoms with E-state index in [1.807, 2.05) is 11.9 Å². The van der Waals surface area contributed by atoms with E-state index in [0.717, 1.165) is 19.5 Å². The number of para-hydroxylation sites is 1. The molecule has 0 saturated carbocycles. The summed E-state index contributed by atoms with van der Waals surface area (Å²) in [5.74, 6) is 0.698. The summed E-state index contributed by atoms with van der Waals surface area (Å²) in [6.45, 7) is 6.72. The molecule has 98 valence electrons. The van der Waals surface area contributed by atoms with Gasteiger partial charge in [0.2, 0.25) is 5.91 Å². The Morgan fingerprint density at radius 2 is 1.89 bits per heavy atom. The first kappa shape index (κ1) is 12.9. The molecule has 0 N–H and O–H groups in total. The van der Waals surface area contributed by atoms with Gasteiger partial charge in [0.1, 0.15) is 0 Å². The smallest absolute Gasteiger partial charge is 0.241 e. The molecule has 1 aromatic carbocycles. The van der Waals surface area contributed by atoms with Gasteiger partial charge >= 0.3 is 0 Å². The molecule has 0 unspecified atom stereocenters. The van der Waals surface area contributed by atoms with Crippen LogP contribution >= 0.6 is 0 Å². The topological polar surface area (TPSA) is 23.6 Å². The van der Waals surface area contributed by atoms with E-state index in [4.69, 9.17) is 0 Å². The Hall–Kier alpha value is -1.51. The second kappa shape index (κ2) is 5.42. The van der Waals surface area contributed by atoms with Crippen LogP contribution in [0, 0.1) is 0 Å². The van der Waals surface area contributed by atoms with Crippen LogP contribution in [0.1, 0.15) is 31.7 Å². The van der Waals surface area contributed by atoms with E-state index >= 15 is 0 Å². The standard InChI is InChI=1S/C15H22N2O/c1-12(2)13-7-4-5-8-14(13)17-10-6-9-16(3)15(18)11-17/h4-5,7-8,12H,6,9-11H2,1-3H3. The summed E-state index contributed by atoms with van der Waals surface area (Å²) in [7, 11) is 1.89. The van der Waals surface area contributed by atoms with Crippen LogP contribution in [0.15, 0.2) is 24.3 Å². The Morgan fingerprint density at radius 1 is 1.17 bits per heavy atom. The van der Waals surface area contributed by atoms with Crippen LogP contribution < -0.4 is 4.90 Å². The molecule has 1 aliphatic heterocycles. The van der Waals surface area contributed by atoms with Crippen LogP contribution in [0.5, 0.6) is 0 Å². The van der Waals surface area contributed by atoms with Crippen molar-refractivity contribution in [3.8, 4) is 0 Å². The zero-order valence-corrected chi connectivity index (χ0v) is 11.5. The lowest BCUT2D eigenvalue weighted by molar-refractivity contribution is -0.127. The third-order valence-corrected chi connectivity index (χ3v) is 3.57. The molecule has 1 fully saturated rings. The second-order valence-corrected chi connectivity index (χ2v) is 5.30. The zero-order chi connectivity index (χ0) is 13.1. The predicted molar refractivity (Wildman–Crippen MR) is 75.0 cm³/mol. The van der Waals surface area contributed by atoms with Crippen molar-refractivity contribution in [2.24, 2.45) is 0 Å². The number of hydrogen-bond donors (Lipinski definition) is 0. The van der Waals surface area contributed by atoms with Crippen molar-refractivity contribution in [3.63, 3.8) is 0 Å². The van der Waals surface area contributed by atoms with Crippen molar-refractivity contribution in [2.75, 3.05) is 31.6 Å². The first-order valence-corrected chi connectivity index (χ1v) is 6.67. The minimum absolute atomic E-state index is 0.214. The van der Waals surface area contributed by atoms with Crippen LogP contribution in [0.25, 0.3) is 0 Å². The van der Waals surface area contributed by atoms with Gasteiger partial charge in [0.15, 0.2) is 0 Å². The fourth-order valence-corrected chi connectivity index (χ4v) is 2.46. The molecule has 1 heterocycles. The van der Waals surface area contributed by atoms with Gasteiger partial charge in [0, 0.05) is 25.8 Å². The number of nitrogens with zero attached hydrogens (tertiary/aromatic N) is 2. The normalized spacial score (nSPS) is 17.2. The third kappa shape index (κ3) is 2.66. The predicted octanol–water partition coefficient (Wildman–Crippen LogP) is 2.48. The number of rotatable bonds is 2. The maximum atomic E-state index is 12.0. The van der Waals surface area contributed by atoms with Crippen molar-refractivity contribution in [1.29, 1.82) is 0 Å². The summed E-state index contributed by atoms with van der Waals surface area (Å²) in [5.41, 5.74) is 2.55. The molecular weight excluding hydrogens is 224 g/mol. The number of carbonyl (C=O) groups excluding carboxylic acids is 1. The number of carbonyl (C=O) groups is 1. The molecule has 1 aliphatic rings. The van der Waals surface area contributed by atoms with Crippen LogP contribution in [0.3, 0.4) is 0 Å². The molecule has 0 aliphatic carbocycles. The maximum absolute atomic E-state index is 12.0. The summed E-state index contributed by atoms with van der Waals surface area (Å²) in [4.78, 5) is 16.0. The fraction of sp³-hybridized carbons (Fsp3) is 0.533. The highest BCUT2D eigenvalue weighted by molar-refractivity contribution is 5.82. The average molecular weight is 246 g/mol. The molecule has 0 radical (unpaired) electrons. The molecule has 1 amide bonds. The lowest BCUT2D eigenvalue weighted by atomic mass is 10.0. The number of hydrogen-bond acceptors (Lipinski definition) is 2. The molecule has 3 nitrogen and oxygen atoms in total. The number of amides is 1. The van der Waals surface area contributed by atoms with Gasteiger partial charge in [0.25, 0.3) is 0 Å². The molecule has 0 bridgehead atoms. The van der Waals surface area contributed by atoms with Gasteiger partial charge < -0.3 is 9.80 Å². The van der Waals surface area contributed by atoms with Crippen molar-refractivity contribution >= 4 is 11.6 Å². The average Bonchev–Trinajstić information content (AvgIpc) is 2.52. The van der Waals surface area contributed by atoms with Crippen molar-refractivity contribution in [2.45, 2.75) is 26.2 Å². The highest BCUT2D eigenvalue weighted by Gasteiger charge is 2.21. The Kier molecular flexibility index (Phi) is 3.90. The highest BCUT2D eigenvalue weighted by atomic mass is 16.2. The Bertz CT molecular complexity index is 428. The van der Waals surface area contributed by atoms with Gasteiger partial charge in [-0.25, -0.2) is 0 Å². The first-order chi connectivity index (χ1) is 8.59. The van der Waals surface area contributed by atoms with Gasteiger partial charge in [-0.1, -0.05) is 32.0 Å². The molecule has 0 spiro atoms. The van der Waals surface area contributed by atoms with Crippen molar-refractivity contribution in [3.05, 3.63) is 29.8 Å². The molecular formula is C15H22N2O. The molecule has 1 aromatic rings. The van der Waals surface area contributed by atoms with E-state index in [1.165, 1.54) is 11.3 Å². The van der Waals surface area contributed by atoms with Crippen molar-refractivity contribution < 1.29 is 4.79 Å². The third-order valence-electron chi connectivity index (χ3n) is 3.57. The minimum Gasteiger partial charge on any atom is -0.362 e. The lowest BCUT2D eigenvalue weighted by Gasteiger charge is -2.26. The first-order valence-electron chi connectivity index (χ1n) is 6.67. The monoisotopic (exact) mass is 246 g/mol. The number of likely N-dealkylation sites (N-methyl/N-ethyl adjacent to an activating group) is 1. The Labute approximate surface area is 109 Å². The quantitative estimate of drug-likeness (QED) is 0.800. The summed E-state index contributed by atoms with van der Waals surface area (Å²) in [6, 6.07) is 8.43. The summed E-state index contributed by atoms with van der Waals surface area (Å²) in [5, 5.41) is 0. The molecule has 0 aromatic heterocycles. The maximum Gasteiger partial charge on any atom is 0.241 e. The second-order valence-electron chi connectivity index (χ2n) is 5.30. The zero-order valence-electron chi connectivity index (χ0n) is 11.5. The van der Waals surface area contributed by atoms with Gasteiger partial charge in [0.05, 0.1) is 6.54 Å². The summed E-state index contributed by atoms with van der Waals surface area (Å²) < 4.78 is 0. The lowest BCUT2D eigenvalue weighted by Crippen LogP contribution is -2.34. The SMILES string of the molecule is CC(C)c1ccccc1N1CCCN(C)C(=O)C1. The van der Waals surface area contributed by atoms with E-state index in [1.54, 1.807) is 0 Å². The van der Waals surface area contributed by atoms with Gasteiger partial charge in [-0.05, 0) is 24.0 Å². The van der Waals surface area contributed by atoms with E-state index < -0.39 is 0 Å². The molecule has 1 saturated heterocycles.